The Labute approximate surface area is 62.4 Å². The number of aliphatic imine (C=N–C) groups is 1. The summed E-state index contributed by atoms with van der Waals surface area (Å²) in [4.78, 5) is 3.65. The van der Waals surface area contributed by atoms with E-state index < -0.39 is 0 Å². The van der Waals surface area contributed by atoms with Crippen molar-refractivity contribution in [1.82, 2.24) is 0 Å². The van der Waals surface area contributed by atoms with Gasteiger partial charge in [0.1, 0.15) is 0 Å². The molecule has 0 saturated heterocycles. The van der Waals surface area contributed by atoms with Gasteiger partial charge in [-0.1, -0.05) is 6.42 Å². The third-order valence-corrected chi connectivity index (χ3v) is 0.480. The first-order chi connectivity index (χ1) is 2.50. The zero-order valence-corrected chi connectivity index (χ0v) is 6.22. The van der Waals surface area contributed by atoms with E-state index >= 15 is 0 Å². The molecule has 0 saturated carbocycles. The van der Waals surface area contributed by atoms with Gasteiger partial charge in [0.25, 0.3) is 0 Å². The molecule has 0 fully saturated rings. The van der Waals surface area contributed by atoms with Gasteiger partial charge in [0.15, 0.2) is 0 Å². The Morgan fingerprint density at radius 1 is 1.67 bits per heavy atom. The minimum absolute atomic E-state index is 0. The number of hydrogen-bond acceptors (Lipinski definition) is 1. The molecule has 0 bridgehead atoms. The number of allylic oxidation sites excluding steroid dienone is 1. The summed E-state index contributed by atoms with van der Waals surface area (Å²) in [5, 5.41) is 0. The summed E-state index contributed by atoms with van der Waals surface area (Å²) in [6.45, 7) is 0. The van der Waals surface area contributed by atoms with Crippen molar-refractivity contribution in [2.24, 2.45) is 4.99 Å². The topological polar surface area (TPSA) is 12.4 Å². The van der Waals surface area contributed by atoms with Gasteiger partial charge in [-0.15, -0.1) is 6.20 Å². The van der Waals surface area contributed by atoms with E-state index in [2.05, 4.69) is 11.2 Å². The van der Waals surface area contributed by atoms with E-state index in [1.807, 2.05) is 6.08 Å². The van der Waals surface area contributed by atoms with Crippen LogP contribution in [-0.2, 0) is 32.7 Å². The van der Waals surface area contributed by atoms with E-state index in [1.165, 1.54) is 0 Å². The molecule has 0 aromatic rings. The molecule has 0 N–H and O–H groups in total. The standard InChI is InChI=1S/C4H4N.Y/c1-2-4-5-3-1;/h1,3H,2H2;/q-1;+3. The molecule has 0 atom stereocenters. The summed E-state index contributed by atoms with van der Waals surface area (Å²) >= 11 is 0. The van der Waals surface area contributed by atoms with Crippen LogP contribution in [0.3, 0.4) is 0 Å². The Morgan fingerprint density at radius 3 is 2.67 bits per heavy atom. The molecule has 0 aromatic heterocycles. The quantitative estimate of drug-likeness (QED) is 0.460. The SMILES string of the molecule is [C-]1=NC=CC1.[Y+3]. The van der Waals surface area contributed by atoms with Crippen LogP contribution < -0.4 is 0 Å². The van der Waals surface area contributed by atoms with Gasteiger partial charge in [0.2, 0.25) is 0 Å². The predicted octanol–water partition coefficient (Wildman–Crippen LogP) is 0.849. The molecule has 0 aromatic carbocycles. The van der Waals surface area contributed by atoms with Gasteiger partial charge in [-0.3, -0.25) is 0 Å². The van der Waals surface area contributed by atoms with Gasteiger partial charge in [-0.2, -0.15) is 12.3 Å². The van der Waals surface area contributed by atoms with Crippen molar-refractivity contribution in [1.29, 1.82) is 0 Å². The Hall–Kier alpha value is 0.514. The molecular weight excluding hydrogens is 151 g/mol. The van der Waals surface area contributed by atoms with Crippen molar-refractivity contribution in [3.05, 3.63) is 12.3 Å². The number of hydrogen-bond donors (Lipinski definition) is 0. The Kier molecular flexibility index (Phi) is 4.01. The molecule has 6 heavy (non-hydrogen) atoms. The van der Waals surface area contributed by atoms with Gasteiger partial charge in [0.05, 0.1) is 0 Å². The zero-order chi connectivity index (χ0) is 3.54. The second-order valence-electron chi connectivity index (χ2n) is 0.876. The average molecular weight is 155 g/mol. The fourth-order valence-electron chi connectivity index (χ4n) is 0.264. The second kappa shape index (κ2) is 3.70. The Balaban J connectivity index is 0.000000250. The predicted molar refractivity (Wildman–Crippen MR) is 21.2 cm³/mol. The molecular formula is C4H4NY+2. The number of nitrogens with zero attached hydrogens (tertiary/aromatic N) is 1. The summed E-state index contributed by atoms with van der Waals surface area (Å²) in [6, 6.07) is 0. The maximum absolute atomic E-state index is 3.65. The van der Waals surface area contributed by atoms with E-state index in [4.69, 9.17) is 0 Å². The summed E-state index contributed by atoms with van der Waals surface area (Å²) < 4.78 is 0. The Morgan fingerprint density at radius 2 is 2.50 bits per heavy atom. The molecule has 1 heterocycles. The van der Waals surface area contributed by atoms with Crippen molar-refractivity contribution in [2.45, 2.75) is 6.42 Å². The largest absolute Gasteiger partial charge is 3.00 e. The van der Waals surface area contributed by atoms with Gasteiger partial charge in [0, 0.05) is 0 Å². The molecule has 2 heteroatoms. The second-order valence-corrected chi connectivity index (χ2v) is 0.876. The van der Waals surface area contributed by atoms with Crippen molar-refractivity contribution in [2.75, 3.05) is 0 Å². The molecule has 1 rings (SSSR count). The van der Waals surface area contributed by atoms with Gasteiger partial charge >= 0.3 is 32.7 Å². The molecule has 26 valence electrons. The first kappa shape index (κ1) is 6.51. The van der Waals surface area contributed by atoms with Crippen LogP contribution in [0.25, 0.3) is 0 Å². The smallest absolute Gasteiger partial charge is 0.463 e. The van der Waals surface area contributed by atoms with Crippen LogP contribution in [0.15, 0.2) is 17.3 Å². The third-order valence-electron chi connectivity index (χ3n) is 0.480. The maximum atomic E-state index is 3.65. The first-order valence-corrected chi connectivity index (χ1v) is 1.58. The maximum Gasteiger partial charge on any atom is 3.00 e. The van der Waals surface area contributed by atoms with E-state index in [-0.39, 0.29) is 32.7 Å². The summed E-state index contributed by atoms with van der Waals surface area (Å²) in [7, 11) is 0. The van der Waals surface area contributed by atoms with Crippen molar-refractivity contribution < 1.29 is 32.7 Å². The van der Waals surface area contributed by atoms with Gasteiger partial charge in [-0.25, -0.2) is 0 Å². The van der Waals surface area contributed by atoms with Crippen LogP contribution in [0.1, 0.15) is 6.42 Å². The number of rotatable bonds is 0. The molecule has 0 unspecified atom stereocenters. The molecule has 1 aliphatic heterocycles. The van der Waals surface area contributed by atoms with E-state index in [0.717, 1.165) is 6.42 Å². The normalized spacial score (nSPS) is 14.7. The van der Waals surface area contributed by atoms with E-state index in [0.29, 0.717) is 0 Å². The van der Waals surface area contributed by atoms with E-state index in [9.17, 15) is 0 Å². The molecule has 1 nitrogen and oxygen atoms in total. The van der Waals surface area contributed by atoms with Crippen molar-refractivity contribution in [3.8, 4) is 0 Å². The van der Waals surface area contributed by atoms with Crippen LogP contribution >= 0.6 is 0 Å². The fraction of sp³-hybridized carbons (Fsp3) is 0.250. The van der Waals surface area contributed by atoms with Gasteiger partial charge < -0.3 is 4.99 Å². The molecule has 0 radical (unpaired) electrons. The van der Waals surface area contributed by atoms with Crippen molar-refractivity contribution >= 4 is 6.21 Å². The average Bonchev–Trinajstić information content (AvgIpc) is 1.76. The van der Waals surface area contributed by atoms with Gasteiger partial charge in [-0.05, 0) is 0 Å². The molecule has 1 aliphatic rings. The third kappa shape index (κ3) is 1.83. The molecule has 0 spiro atoms. The fourth-order valence-corrected chi connectivity index (χ4v) is 0.264. The molecule has 0 amide bonds. The minimum Gasteiger partial charge on any atom is -0.463 e. The summed E-state index contributed by atoms with van der Waals surface area (Å²) in [6.07, 6.45) is 7.35. The van der Waals surface area contributed by atoms with E-state index in [1.54, 1.807) is 6.20 Å². The zero-order valence-electron chi connectivity index (χ0n) is 3.39. The van der Waals surface area contributed by atoms with Crippen molar-refractivity contribution in [3.63, 3.8) is 0 Å². The van der Waals surface area contributed by atoms with Crippen LogP contribution in [0.4, 0.5) is 0 Å². The molecule has 0 aliphatic carbocycles. The van der Waals surface area contributed by atoms with Crippen LogP contribution in [0.5, 0.6) is 0 Å². The Bertz CT molecular complexity index is 65.6. The summed E-state index contributed by atoms with van der Waals surface area (Å²) in [5.74, 6) is 0. The van der Waals surface area contributed by atoms with Crippen LogP contribution in [-0.4, -0.2) is 6.21 Å². The summed E-state index contributed by atoms with van der Waals surface area (Å²) in [5.41, 5.74) is 0. The monoisotopic (exact) mass is 155 g/mol. The van der Waals surface area contributed by atoms with Crippen LogP contribution in [0.2, 0.25) is 0 Å². The minimum atomic E-state index is 0. The first-order valence-electron chi connectivity index (χ1n) is 1.58. The van der Waals surface area contributed by atoms with Crippen LogP contribution in [0, 0.1) is 0 Å².